The van der Waals surface area contributed by atoms with Gasteiger partial charge in [-0.25, -0.2) is 0 Å². The summed E-state index contributed by atoms with van der Waals surface area (Å²) in [6.07, 6.45) is 0.798. The number of thiophene rings is 1. The van der Waals surface area contributed by atoms with E-state index in [4.69, 9.17) is 4.74 Å². The highest BCUT2D eigenvalue weighted by atomic mass is 32.1. The van der Waals surface area contributed by atoms with Crippen molar-refractivity contribution in [2.24, 2.45) is 5.41 Å². The van der Waals surface area contributed by atoms with E-state index in [0.29, 0.717) is 32.5 Å². The van der Waals surface area contributed by atoms with Crippen molar-refractivity contribution >= 4 is 23.2 Å². The summed E-state index contributed by atoms with van der Waals surface area (Å²) in [6, 6.07) is 3.93. The van der Waals surface area contributed by atoms with E-state index < -0.39 is 11.4 Å². The summed E-state index contributed by atoms with van der Waals surface area (Å²) in [4.78, 5) is 26.3. The molecule has 6 heteroatoms. The zero-order chi connectivity index (χ0) is 13.5. The Morgan fingerprint density at radius 1 is 1.47 bits per heavy atom. The molecule has 2 fully saturated rings. The number of carbonyl (C=O) groups is 2. The molecule has 1 aromatic rings. The van der Waals surface area contributed by atoms with Crippen molar-refractivity contribution in [2.45, 2.75) is 18.9 Å². The van der Waals surface area contributed by atoms with E-state index in [1.165, 1.54) is 0 Å². The van der Waals surface area contributed by atoms with Crippen LogP contribution >= 0.6 is 11.3 Å². The topological polar surface area (TPSA) is 66.8 Å². The molecular weight excluding hydrogens is 266 g/mol. The number of carboxylic acid groups (broad SMARTS) is 1. The van der Waals surface area contributed by atoms with E-state index in [1.54, 1.807) is 16.2 Å². The Bertz CT molecular complexity index is 495. The number of aliphatic carboxylic acids is 1. The lowest BCUT2D eigenvalue weighted by Crippen LogP contribution is -2.47. The molecule has 1 amide bonds. The van der Waals surface area contributed by atoms with Gasteiger partial charge in [0.2, 0.25) is 5.91 Å². The molecule has 2 heterocycles. The third-order valence-electron chi connectivity index (χ3n) is 3.78. The SMILES string of the molecule is O=C(O)C1(C(=O)N2CCO[C@@H](c3cccs3)C2)CC1. The number of ether oxygens (including phenoxy) is 1. The highest BCUT2D eigenvalue weighted by Crippen LogP contribution is 2.48. The smallest absolute Gasteiger partial charge is 0.319 e. The van der Waals surface area contributed by atoms with Crippen LogP contribution in [0.1, 0.15) is 23.8 Å². The normalized spacial score (nSPS) is 25.1. The fraction of sp³-hybridized carbons (Fsp3) is 0.538. The lowest BCUT2D eigenvalue weighted by Gasteiger charge is -2.34. The maximum Gasteiger partial charge on any atom is 0.319 e. The molecule has 1 saturated carbocycles. The molecule has 1 aromatic heterocycles. The van der Waals surface area contributed by atoms with E-state index >= 15 is 0 Å². The summed E-state index contributed by atoms with van der Waals surface area (Å²) in [5.74, 6) is -1.23. The van der Waals surface area contributed by atoms with Crippen LogP contribution in [0.3, 0.4) is 0 Å². The van der Waals surface area contributed by atoms with E-state index in [-0.39, 0.29) is 12.0 Å². The summed E-state index contributed by atoms with van der Waals surface area (Å²) in [6.45, 7) is 1.40. The van der Waals surface area contributed by atoms with Gasteiger partial charge in [0.05, 0.1) is 13.2 Å². The quantitative estimate of drug-likeness (QED) is 0.853. The molecule has 19 heavy (non-hydrogen) atoms. The van der Waals surface area contributed by atoms with Gasteiger partial charge in [-0.3, -0.25) is 9.59 Å². The van der Waals surface area contributed by atoms with Gasteiger partial charge in [-0.2, -0.15) is 0 Å². The van der Waals surface area contributed by atoms with Crippen molar-refractivity contribution in [3.8, 4) is 0 Å². The molecule has 2 aliphatic rings. The average Bonchev–Trinajstić information content (AvgIpc) is 3.06. The largest absolute Gasteiger partial charge is 0.480 e. The van der Waals surface area contributed by atoms with Crippen LogP contribution in [-0.2, 0) is 14.3 Å². The van der Waals surface area contributed by atoms with Gasteiger partial charge < -0.3 is 14.7 Å². The third-order valence-corrected chi connectivity index (χ3v) is 4.75. The van der Waals surface area contributed by atoms with Crippen LogP contribution in [0.5, 0.6) is 0 Å². The number of carboxylic acids is 1. The first-order valence-electron chi connectivity index (χ1n) is 6.31. The Morgan fingerprint density at radius 2 is 2.26 bits per heavy atom. The molecule has 102 valence electrons. The van der Waals surface area contributed by atoms with E-state index in [1.807, 2.05) is 17.5 Å². The minimum Gasteiger partial charge on any atom is -0.480 e. The Balaban J connectivity index is 1.72. The van der Waals surface area contributed by atoms with Gasteiger partial charge in [0, 0.05) is 11.4 Å². The second kappa shape index (κ2) is 4.61. The van der Waals surface area contributed by atoms with Gasteiger partial charge in [-0.15, -0.1) is 11.3 Å². The molecule has 0 bridgehead atoms. The molecule has 1 saturated heterocycles. The molecular formula is C13H15NO4S. The molecule has 0 unspecified atom stereocenters. The number of hydrogen-bond acceptors (Lipinski definition) is 4. The summed E-state index contributed by atoms with van der Waals surface area (Å²) in [5.41, 5.74) is -1.14. The van der Waals surface area contributed by atoms with Crippen molar-refractivity contribution in [3.05, 3.63) is 22.4 Å². The summed E-state index contributed by atoms with van der Waals surface area (Å²) >= 11 is 1.59. The van der Waals surface area contributed by atoms with Gasteiger partial charge in [-0.1, -0.05) is 6.07 Å². The molecule has 1 atom stereocenters. The van der Waals surface area contributed by atoms with Crippen LogP contribution < -0.4 is 0 Å². The Labute approximate surface area is 114 Å². The first-order valence-corrected chi connectivity index (χ1v) is 7.19. The van der Waals surface area contributed by atoms with E-state index in [9.17, 15) is 14.7 Å². The fourth-order valence-corrected chi connectivity index (χ4v) is 3.19. The number of hydrogen-bond donors (Lipinski definition) is 1. The third kappa shape index (κ3) is 2.15. The zero-order valence-corrected chi connectivity index (χ0v) is 11.2. The minimum atomic E-state index is -1.14. The lowest BCUT2D eigenvalue weighted by molar-refractivity contribution is -0.157. The van der Waals surface area contributed by atoms with Crippen molar-refractivity contribution in [2.75, 3.05) is 19.7 Å². The lowest BCUT2D eigenvalue weighted by atomic mass is 10.0. The van der Waals surface area contributed by atoms with Crippen LogP contribution in [0.15, 0.2) is 17.5 Å². The summed E-state index contributed by atoms with van der Waals surface area (Å²) < 4.78 is 5.67. The Kier molecular flexibility index (Phi) is 3.06. The molecule has 3 rings (SSSR count). The predicted octanol–water partition coefficient (Wildman–Crippen LogP) is 1.51. The van der Waals surface area contributed by atoms with Crippen molar-refractivity contribution in [3.63, 3.8) is 0 Å². The molecule has 0 radical (unpaired) electrons. The molecule has 5 nitrogen and oxygen atoms in total. The average molecular weight is 281 g/mol. The van der Waals surface area contributed by atoms with E-state index in [2.05, 4.69) is 0 Å². The van der Waals surface area contributed by atoms with Crippen molar-refractivity contribution in [1.29, 1.82) is 0 Å². The number of rotatable bonds is 3. The molecule has 1 aliphatic heterocycles. The predicted molar refractivity (Wildman–Crippen MR) is 68.9 cm³/mol. The monoisotopic (exact) mass is 281 g/mol. The number of nitrogens with zero attached hydrogens (tertiary/aromatic N) is 1. The van der Waals surface area contributed by atoms with Crippen molar-refractivity contribution < 1.29 is 19.4 Å². The molecule has 1 N–H and O–H groups in total. The number of morpholine rings is 1. The highest BCUT2D eigenvalue weighted by Gasteiger charge is 2.58. The summed E-state index contributed by atoms with van der Waals surface area (Å²) in [5, 5.41) is 11.1. The Hall–Kier alpha value is -1.40. The minimum absolute atomic E-state index is 0.123. The number of amides is 1. The van der Waals surface area contributed by atoms with Crippen LogP contribution in [0.25, 0.3) is 0 Å². The molecule has 0 spiro atoms. The van der Waals surface area contributed by atoms with Crippen LogP contribution in [0, 0.1) is 5.41 Å². The Morgan fingerprint density at radius 3 is 2.84 bits per heavy atom. The maximum atomic E-state index is 12.3. The maximum absolute atomic E-state index is 12.3. The van der Waals surface area contributed by atoms with Gasteiger partial charge in [0.25, 0.3) is 0 Å². The molecule has 1 aliphatic carbocycles. The van der Waals surface area contributed by atoms with E-state index in [0.717, 1.165) is 4.88 Å². The van der Waals surface area contributed by atoms with Crippen LogP contribution in [0.4, 0.5) is 0 Å². The summed E-state index contributed by atoms with van der Waals surface area (Å²) in [7, 11) is 0. The van der Waals surface area contributed by atoms with Gasteiger partial charge in [0.15, 0.2) is 0 Å². The fourth-order valence-electron chi connectivity index (χ4n) is 2.43. The van der Waals surface area contributed by atoms with Gasteiger partial charge in [0.1, 0.15) is 11.5 Å². The second-order valence-electron chi connectivity index (χ2n) is 5.01. The highest BCUT2D eigenvalue weighted by molar-refractivity contribution is 7.10. The first-order chi connectivity index (χ1) is 9.13. The second-order valence-corrected chi connectivity index (χ2v) is 5.99. The van der Waals surface area contributed by atoms with Gasteiger partial charge in [-0.05, 0) is 24.3 Å². The standard InChI is InChI=1S/C13H15NO4S/c15-11(13(3-4-13)12(16)17)14-5-6-18-9(8-14)10-2-1-7-19-10/h1-2,7,9H,3-6,8H2,(H,16,17)/t9-/m1/s1. The molecule has 0 aromatic carbocycles. The van der Waals surface area contributed by atoms with Gasteiger partial charge >= 0.3 is 5.97 Å². The van der Waals surface area contributed by atoms with Crippen molar-refractivity contribution in [1.82, 2.24) is 4.90 Å². The zero-order valence-electron chi connectivity index (χ0n) is 10.4. The first kappa shape index (κ1) is 12.6. The number of carbonyl (C=O) groups excluding carboxylic acids is 1. The van der Waals surface area contributed by atoms with Crippen LogP contribution in [-0.4, -0.2) is 41.6 Å². The van der Waals surface area contributed by atoms with Crippen LogP contribution in [0.2, 0.25) is 0 Å².